The molecule has 2 fully saturated rings. The molecule has 2 aliphatic rings. The minimum Gasteiger partial charge on any atom is -0.495 e. The summed E-state index contributed by atoms with van der Waals surface area (Å²) in [5, 5.41) is 0. The molecule has 2 aromatic rings. The maximum absolute atomic E-state index is 13.1. The third kappa shape index (κ3) is 4.10. The average molecular weight is 434 g/mol. The highest BCUT2D eigenvalue weighted by Gasteiger charge is 2.47. The van der Waals surface area contributed by atoms with Crippen LogP contribution in [0.25, 0.3) is 0 Å². The van der Waals surface area contributed by atoms with Crippen LogP contribution in [-0.4, -0.2) is 51.1 Å². The van der Waals surface area contributed by atoms with Gasteiger partial charge in [0.2, 0.25) is 5.91 Å². The van der Waals surface area contributed by atoms with Crippen molar-refractivity contribution >= 4 is 23.2 Å². The van der Waals surface area contributed by atoms with Crippen LogP contribution in [0.5, 0.6) is 5.75 Å². The first-order valence-electron chi connectivity index (χ1n) is 10.1. The van der Waals surface area contributed by atoms with Gasteiger partial charge in [-0.25, -0.2) is 4.90 Å². The second-order valence-electron chi connectivity index (χ2n) is 7.69. The molecule has 2 amide bonds. The normalized spacial score (nSPS) is 20.5. The van der Waals surface area contributed by atoms with Crippen molar-refractivity contribution < 1.29 is 32.4 Å². The van der Waals surface area contributed by atoms with Crippen LogP contribution in [0.2, 0.25) is 0 Å². The highest BCUT2D eigenvalue weighted by Crippen LogP contribution is 2.32. The van der Waals surface area contributed by atoms with Crippen LogP contribution >= 0.6 is 0 Å². The number of alkyl halides is 3. The monoisotopic (exact) mass is 434 g/mol. The Morgan fingerprint density at radius 3 is 2.42 bits per heavy atom. The molecule has 9 heteroatoms. The summed E-state index contributed by atoms with van der Waals surface area (Å²) in [7, 11) is 1.49. The number of hydrogen-bond acceptors (Lipinski definition) is 4. The van der Waals surface area contributed by atoms with Crippen LogP contribution in [0.3, 0.4) is 0 Å². The van der Waals surface area contributed by atoms with E-state index in [0.717, 1.165) is 17.0 Å². The fraction of sp³-hybridized carbons (Fsp3) is 0.364. The van der Waals surface area contributed by atoms with Gasteiger partial charge in [0.25, 0.3) is 5.91 Å². The summed E-state index contributed by atoms with van der Waals surface area (Å²) in [6.45, 7) is 2.12. The molecule has 2 saturated heterocycles. The molecule has 6 nitrogen and oxygen atoms in total. The summed E-state index contributed by atoms with van der Waals surface area (Å²) in [6.07, 6.45) is -4.28. The van der Waals surface area contributed by atoms with Crippen molar-refractivity contribution in [3.8, 4) is 5.75 Å². The number of carbonyl (C=O) groups excluding carboxylic acids is 2. The quantitative estimate of drug-likeness (QED) is 0.746. The molecule has 2 heterocycles. The first-order valence-corrected chi connectivity index (χ1v) is 10.1. The van der Waals surface area contributed by atoms with Crippen LogP contribution in [0.1, 0.15) is 12.0 Å². The van der Waals surface area contributed by atoms with E-state index in [2.05, 4.69) is 0 Å². The first-order chi connectivity index (χ1) is 14.8. The summed E-state index contributed by atoms with van der Waals surface area (Å²) in [5.41, 5.74) is 0.270. The van der Waals surface area contributed by atoms with Gasteiger partial charge in [0.05, 0.1) is 51.0 Å². The Morgan fingerprint density at radius 2 is 1.74 bits per heavy atom. The number of nitrogens with one attached hydrogen (secondary N) is 1. The van der Waals surface area contributed by atoms with Gasteiger partial charge >= 0.3 is 6.18 Å². The number of halogens is 3. The molecule has 4 rings (SSSR count). The molecule has 0 bridgehead atoms. The van der Waals surface area contributed by atoms with Crippen LogP contribution in [0.4, 0.5) is 24.5 Å². The minimum absolute atomic E-state index is 0.107. The smallest absolute Gasteiger partial charge is 0.416 e. The maximum atomic E-state index is 13.1. The van der Waals surface area contributed by atoms with Gasteiger partial charge < -0.3 is 14.5 Å². The lowest BCUT2D eigenvalue weighted by Gasteiger charge is -2.35. The molecule has 0 aliphatic carbocycles. The minimum atomic E-state index is -4.39. The third-order valence-electron chi connectivity index (χ3n) is 5.91. The van der Waals surface area contributed by atoms with Crippen LogP contribution in [0.15, 0.2) is 48.5 Å². The predicted molar refractivity (Wildman–Crippen MR) is 108 cm³/mol. The van der Waals surface area contributed by atoms with Crippen molar-refractivity contribution in [3.63, 3.8) is 0 Å². The fourth-order valence-corrected chi connectivity index (χ4v) is 4.30. The lowest BCUT2D eigenvalue weighted by atomic mass is 10.1. The molecule has 0 saturated carbocycles. The summed E-state index contributed by atoms with van der Waals surface area (Å²) in [4.78, 5) is 29.8. The van der Waals surface area contributed by atoms with E-state index in [1.165, 1.54) is 18.1 Å². The van der Waals surface area contributed by atoms with E-state index in [-0.39, 0.29) is 18.2 Å². The molecule has 0 unspecified atom stereocenters. The van der Waals surface area contributed by atoms with Crippen molar-refractivity contribution in [2.45, 2.75) is 18.6 Å². The molecule has 2 aliphatic heterocycles. The number of ether oxygens (including phenoxy) is 1. The zero-order valence-electron chi connectivity index (χ0n) is 17.0. The van der Waals surface area contributed by atoms with Gasteiger partial charge in [-0.15, -0.1) is 0 Å². The molecule has 1 N–H and O–H groups in total. The Balaban J connectivity index is 1.45. The van der Waals surface area contributed by atoms with Gasteiger partial charge in [-0.05, 0) is 30.3 Å². The van der Waals surface area contributed by atoms with E-state index < -0.39 is 17.8 Å². The molecule has 0 spiro atoms. The van der Waals surface area contributed by atoms with Gasteiger partial charge in [-0.3, -0.25) is 9.59 Å². The van der Waals surface area contributed by atoms with Crippen molar-refractivity contribution in [2.75, 3.05) is 43.1 Å². The first kappa shape index (κ1) is 21.2. The number of imide groups is 1. The average Bonchev–Trinajstić information content (AvgIpc) is 3.07. The van der Waals surface area contributed by atoms with Crippen LogP contribution in [-0.2, 0) is 15.8 Å². The zero-order chi connectivity index (χ0) is 22.2. The van der Waals surface area contributed by atoms with Crippen LogP contribution in [0, 0.1) is 0 Å². The number of carbonyl (C=O) groups is 2. The van der Waals surface area contributed by atoms with E-state index in [4.69, 9.17) is 4.74 Å². The molecule has 164 valence electrons. The Morgan fingerprint density at radius 1 is 1.03 bits per heavy atom. The number of methoxy groups -OCH3 is 1. The summed E-state index contributed by atoms with van der Waals surface area (Å²) in [5.74, 6) is -0.0847. The second-order valence-corrected chi connectivity index (χ2v) is 7.69. The Hall–Kier alpha value is -3.07. The van der Waals surface area contributed by atoms with E-state index in [0.29, 0.717) is 43.3 Å². The molecule has 31 heavy (non-hydrogen) atoms. The Kier molecular flexibility index (Phi) is 5.62. The van der Waals surface area contributed by atoms with Crippen molar-refractivity contribution in [1.82, 2.24) is 0 Å². The van der Waals surface area contributed by atoms with Gasteiger partial charge in [-0.1, -0.05) is 18.2 Å². The summed E-state index contributed by atoms with van der Waals surface area (Å²) in [6, 6.07) is 11.7. The van der Waals surface area contributed by atoms with Gasteiger partial charge in [0.15, 0.2) is 6.04 Å². The highest BCUT2D eigenvalue weighted by molar-refractivity contribution is 6.22. The van der Waals surface area contributed by atoms with Crippen molar-refractivity contribution in [3.05, 3.63) is 54.1 Å². The van der Waals surface area contributed by atoms with Gasteiger partial charge in [-0.2, -0.15) is 13.2 Å². The number of para-hydroxylation sites is 2. The van der Waals surface area contributed by atoms with E-state index in [9.17, 15) is 22.8 Å². The second kappa shape index (κ2) is 8.22. The fourth-order valence-electron chi connectivity index (χ4n) is 4.30. The highest BCUT2D eigenvalue weighted by atomic mass is 19.4. The molecule has 2 aromatic carbocycles. The number of amides is 2. The number of benzene rings is 2. The Labute approximate surface area is 177 Å². The van der Waals surface area contributed by atoms with E-state index in [1.54, 1.807) is 30.3 Å². The number of rotatable bonds is 4. The lowest BCUT2D eigenvalue weighted by molar-refractivity contribution is -0.915. The van der Waals surface area contributed by atoms with E-state index in [1.807, 2.05) is 4.90 Å². The number of quaternary nitrogens is 1. The lowest BCUT2D eigenvalue weighted by Crippen LogP contribution is -3.19. The summed E-state index contributed by atoms with van der Waals surface area (Å²) < 4.78 is 44.3. The largest absolute Gasteiger partial charge is 0.495 e. The van der Waals surface area contributed by atoms with Crippen molar-refractivity contribution in [1.29, 1.82) is 0 Å². The standard InChI is InChI=1S/C22H22F3N3O3/c1-31-19-8-3-2-7-17(19)28-20(29)14-18(21(28)30)27-11-9-26(10-12-27)16-6-4-5-15(13-16)22(23,24)25/h2-8,13,18H,9-12,14H2,1H3/p+1/t18-/m1/s1. The molecule has 0 radical (unpaired) electrons. The third-order valence-corrected chi connectivity index (χ3v) is 5.91. The number of nitrogens with zero attached hydrogens (tertiary/aromatic N) is 2. The molecule has 1 atom stereocenters. The van der Waals surface area contributed by atoms with Crippen LogP contribution < -0.4 is 19.4 Å². The van der Waals surface area contributed by atoms with E-state index >= 15 is 0 Å². The number of hydrogen-bond donors (Lipinski definition) is 1. The van der Waals surface area contributed by atoms with Crippen molar-refractivity contribution in [2.24, 2.45) is 0 Å². The van der Waals surface area contributed by atoms with Gasteiger partial charge in [0.1, 0.15) is 5.75 Å². The maximum Gasteiger partial charge on any atom is 0.416 e. The summed E-state index contributed by atoms with van der Waals surface area (Å²) >= 11 is 0. The topological polar surface area (TPSA) is 54.3 Å². The number of anilines is 2. The van der Waals surface area contributed by atoms with Gasteiger partial charge in [0, 0.05) is 5.69 Å². The number of piperazine rings is 1. The molecule has 0 aromatic heterocycles. The molecular formula is C22H23F3N3O3+. The SMILES string of the molecule is COc1ccccc1N1C(=O)C[C@@H]([NH+]2CCN(c3cccc(C(F)(F)F)c3)CC2)C1=O. The molecular weight excluding hydrogens is 411 g/mol. The zero-order valence-corrected chi connectivity index (χ0v) is 17.0. The predicted octanol–water partition coefficient (Wildman–Crippen LogP) is 1.75. The Bertz CT molecular complexity index is 987.